The zero-order valence-corrected chi connectivity index (χ0v) is 13.9. The number of piperidine rings is 1. The molecule has 0 amide bonds. The zero-order valence-electron chi connectivity index (χ0n) is 13.9. The fraction of sp³-hybridized carbons (Fsp3) is 0.500. The van der Waals surface area contributed by atoms with Crippen LogP contribution in [0.15, 0.2) is 29.2 Å². The molecule has 8 nitrogen and oxygen atoms in total. The lowest BCUT2D eigenvalue weighted by atomic mass is 9.98. The van der Waals surface area contributed by atoms with Crippen molar-refractivity contribution in [3.63, 3.8) is 0 Å². The first-order valence-electron chi connectivity index (χ1n) is 8.03. The van der Waals surface area contributed by atoms with Gasteiger partial charge in [0.15, 0.2) is 0 Å². The average molecular weight is 331 g/mol. The van der Waals surface area contributed by atoms with E-state index in [1.165, 1.54) is 10.6 Å². The molecule has 1 aliphatic heterocycles. The maximum atomic E-state index is 12.5. The van der Waals surface area contributed by atoms with Gasteiger partial charge in [-0.05, 0) is 44.5 Å². The van der Waals surface area contributed by atoms with Crippen LogP contribution in [0.2, 0.25) is 0 Å². The lowest BCUT2D eigenvalue weighted by Gasteiger charge is -2.32. The van der Waals surface area contributed by atoms with Crippen LogP contribution in [0.5, 0.6) is 0 Å². The smallest absolute Gasteiger partial charge is 0.353 e. The Balaban J connectivity index is 1.99. The van der Waals surface area contributed by atoms with Crippen LogP contribution >= 0.6 is 0 Å². The third-order valence-corrected chi connectivity index (χ3v) is 4.49. The van der Waals surface area contributed by atoms with Crippen molar-refractivity contribution >= 4 is 17.2 Å². The minimum Gasteiger partial charge on any atom is -0.353 e. The van der Waals surface area contributed by atoms with E-state index in [0.29, 0.717) is 18.1 Å². The second-order valence-corrected chi connectivity index (χ2v) is 6.43. The number of rotatable bonds is 4. The summed E-state index contributed by atoms with van der Waals surface area (Å²) in [5.41, 5.74) is -0.700. The van der Waals surface area contributed by atoms with Gasteiger partial charge in [-0.1, -0.05) is 6.07 Å². The number of anilines is 1. The van der Waals surface area contributed by atoms with E-state index < -0.39 is 16.2 Å². The van der Waals surface area contributed by atoms with Crippen molar-refractivity contribution in [1.82, 2.24) is 14.3 Å². The molecule has 0 radical (unpaired) electrons. The number of hydrogen-bond donors (Lipinski definition) is 0. The van der Waals surface area contributed by atoms with E-state index in [1.54, 1.807) is 30.1 Å². The van der Waals surface area contributed by atoms with E-state index >= 15 is 0 Å². The molecule has 1 atom stereocenters. The molecule has 0 N–H and O–H groups in total. The number of hydrogen-bond acceptors (Lipinski definition) is 6. The van der Waals surface area contributed by atoms with Crippen molar-refractivity contribution in [2.75, 3.05) is 38.6 Å². The van der Waals surface area contributed by atoms with E-state index in [-0.39, 0.29) is 5.82 Å². The molecule has 0 aliphatic carbocycles. The summed E-state index contributed by atoms with van der Waals surface area (Å²) in [6, 6.07) is 5.09. The summed E-state index contributed by atoms with van der Waals surface area (Å²) in [7, 11) is 3.85. The number of aromatic nitrogens is 2. The van der Waals surface area contributed by atoms with Gasteiger partial charge in [0, 0.05) is 26.3 Å². The topological polar surface area (TPSA) is 84.0 Å². The minimum absolute atomic E-state index is 0.143. The molecule has 0 saturated carbocycles. The monoisotopic (exact) mass is 331 g/mol. The van der Waals surface area contributed by atoms with Crippen LogP contribution in [-0.2, 0) is 0 Å². The Morgan fingerprint density at radius 3 is 2.96 bits per heavy atom. The Morgan fingerprint density at radius 2 is 2.25 bits per heavy atom. The molecule has 1 fully saturated rings. The predicted molar refractivity (Wildman–Crippen MR) is 91.6 cm³/mol. The first kappa shape index (κ1) is 16.4. The lowest BCUT2D eigenvalue weighted by Crippen LogP contribution is -2.39. The molecule has 0 spiro atoms. The lowest BCUT2D eigenvalue weighted by molar-refractivity contribution is -0.385. The van der Waals surface area contributed by atoms with Gasteiger partial charge in [-0.25, -0.2) is 4.98 Å². The van der Waals surface area contributed by atoms with Gasteiger partial charge in [0.25, 0.3) is 0 Å². The maximum Gasteiger partial charge on any atom is 0.376 e. The highest BCUT2D eigenvalue weighted by Crippen LogP contribution is 2.24. The molecule has 2 aromatic rings. The van der Waals surface area contributed by atoms with E-state index in [0.717, 1.165) is 25.9 Å². The van der Waals surface area contributed by atoms with E-state index in [9.17, 15) is 14.9 Å². The molecule has 0 aromatic carbocycles. The second kappa shape index (κ2) is 6.56. The minimum atomic E-state index is -0.645. The highest BCUT2D eigenvalue weighted by atomic mass is 16.6. The number of pyridine rings is 1. The molecular weight excluding hydrogens is 310 g/mol. The van der Waals surface area contributed by atoms with E-state index in [2.05, 4.69) is 16.9 Å². The third-order valence-electron chi connectivity index (χ3n) is 4.49. The van der Waals surface area contributed by atoms with Gasteiger partial charge in [0.05, 0.1) is 4.92 Å². The zero-order chi connectivity index (χ0) is 17.3. The van der Waals surface area contributed by atoms with Gasteiger partial charge in [-0.15, -0.1) is 0 Å². The average Bonchev–Trinajstić information content (AvgIpc) is 2.54. The van der Waals surface area contributed by atoms with Crippen molar-refractivity contribution in [3.05, 3.63) is 44.9 Å². The maximum absolute atomic E-state index is 12.5. The Labute approximate surface area is 139 Å². The van der Waals surface area contributed by atoms with Gasteiger partial charge < -0.3 is 9.80 Å². The van der Waals surface area contributed by atoms with Gasteiger partial charge in [-0.2, -0.15) is 0 Å². The van der Waals surface area contributed by atoms with Crippen LogP contribution in [0, 0.1) is 16.0 Å². The summed E-state index contributed by atoms with van der Waals surface area (Å²) in [6.07, 6.45) is 3.69. The van der Waals surface area contributed by atoms with Crippen LogP contribution < -0.4 is 10.5 Å². The Kier molecular flexibility index (Phi) is 4.48. The summed E-state index contributed by atoms with van der Waals surface area (Å²) in [4.78, 5) is 31.7. The van der Waals surface area contributed by atoms with Crippen LogP contribution in [0.4, 0.5) is 11.5 Å². The van der Waals surface area contributed by atoms with Gasteiger partial charge >= 0.3 is 11.2 Å². The largest absolute Gasteiger partial charge is 0.376 e. The van der Waals surface area contributed by atoms with Crippen molar-refractivity contribution in [2.45, 2.75) is 12.8 Å². The van der Waals surface area contributed by atoms with Crippen LogP contribution in [-0.4, -0.2) is 52.9 Å². The molecule has 24 heavy (non-hydrogen) atoms. The van der Waals surface area contributed by atoms with Crippen molar-refractivity contribution in [3.8, 4) is 0 Å². The second-order valence-electron chi connectivity index (χ2n) is 6.43. The summed E-state index contributed by atoms with van der Waals surface area (Å²) in [6.45, 7) is 2.67. The standard InChI is InChI=1S/C16H21N5O3/c1-18-8-5-6-12(10-18)11-19(2)15-14(21(23)24)16(22)20-9-4-3-7-13(20)17-15/h3-4,7,9,12H,5-6,8,10-11H2,1-2H3. The van der Waals surface area contributed by atoms with Crippen molar-refractivity contribution < 1.29 is 4.92 Å². The number of likely N-dealkylation sites (tertiary alicyclic amines) is 1. The molecule has 3 heterocycles. The van der Waals surface area contributed by atoms with Gasteiger partial charge in [0.2, 0.25) is 5.82 Å². The summed E-state index contributed by atoms with van der Waals surface area (Å²) >= 11 is 0. The van der Waals surface area contributed by atoms with Gasteiger partial charge in [-0.3, -0.25) is 19.3 Å². The molecule has 0 bridgehead atoms. The molecule has 128 valence electrons. The fourth-order valence-corrected chi connectivity index (χ4v) is 3.39. The number of nitrogens with zero attached hydrogens (tertiary/aromatic N) is 5. The molecular formula is C16H21N5O3. The molecule has 1 unspecified atom stereocenters. The SMILES string of the molecule is CN1CCCC(CN(C)c2nc3ccccn3c(=O)c2[N+](=O)[O-])C1. The highest BCUT2D eigenvalue weighted by molar-refractivity contribution is 5.61. The molecule has 1 saturated heterocycles. The van der Waals surface area contributed by atoms with Crippen molar-refractivity contribution in [2.24, 2.45) is 5.92 Å². The normalized spacial score (nSPS) is 18.7. The highest BCUT2D eigenvalue weighted by Gasteiger charge is 2.28. The Bertz CT molecular complexity index is 819. The Hall–Kier alpha value is -2.48. The van der Waals surface area contributed by atoms with Crippen LogP contribution in [0.1, 0.15) is 12.8 Å². The van der Waals surface area contributed by atoms with Crippen LogP contribution in [0.3, 0.4) is 0 Å². The quantitative estimate of drug-likeness (QED) is 0.622. The van der Waals surface area contributed by atoms with E-state index in [1.807, 2.05) is 0 Å². The first-order chi connectivity index (χ1) is 11.5. The van der Waals surface area contributed by atoms with Crippen LogP contribution in [0.25, 0.3) is 5.65 Å². The summed E-state index contributed by atoms with van der Waals surface area (Å²) in [5.74, 6) is 0.550. The molecule has 3 rings (SSSR count). The first-order valence-corrected chi connectivity index (χ1v) is 8.03. The van der Waals surface area contributed by atoms with E-state index in [4.69, 9.17) is 0 Å². The molecule has 8 heteroatoms. The third kappa shape index (κ3) is 3.09. The summed E-state index contributed by atoms with van der Waals surface area (Å²) < 4.78 is 1.21. The summed E-state index contributed by atoms with van der Waals surface area (Å²) in [5, 5.41) is 11.5. The number of fused-ring (bicyclic) bond motifs is 1. The number of nitro groups is 1. The Morgan fingerprint density at radius 1 is 1.46 bits per heavy atom. The molecule has 2 aromatic heterocycles. The molecule has 1 aliphatic rings. The van der Waals surface area contributed by atoms with Crippen molar-refractivity contribution in [1.29, 1.82) is 0 Å². The fourth-order valence-electron chi connectivity index (χ4n) is 3.39. The predicted octanol–water partition coefficient (Wildman–Crippen LogP) is 1.38. The van der Waals surface area contributed by atoms with Gasteiger partial charge in [0.1, 0.15) is 5.65 Å².